The lowest BCUT2D eigenvalue weighted by atomic mass is 10.0. The topological polar surface area (TPSA) is 83.0 Å². The lowest BCUT2D eigenvalue weighted by Gasteiger charge is -2.05. The minimum atomic E-state index is -1.02. The zero-order valence-corrected chi connectivity index (χ0v) is 8.65. The second kappa shape index (κ2) is 3.77. The molecule has 0 atom stereocenters. The molecule has 0 aliphatic rings. The van der Waals surface area contributed by atoms with Crippen LogP contribution in [-0.4, -0.2) is 21.0 Å². The molecule has 2 heterocycles. The van der Waals surface area contributed by atoms with Crippen molar-refractivity contribution in [3.8, 4) is 0 Å². The van der Waals surface area contributed by atoms with Gasteiger partial charge in [0.15, 0.2) is 0 Å². The Morgan fingerprint density at radius 3 is 3.00 bits per heavy atom. The van der Waals surface area contributed by atoms with E-state index in [1.165, 1.54) is 0 Å². The van der Waals surface area contributed by atoms with Gasteiger partial charge in [-0.1, -0.05) is 0 Å². The van der Waals surface area contributed by atoms with Crippen LogP contribution in [0.3, 0.4) is 0 Å². The smallest absolute Gasteiger partial charge is 0.308 e. The Kier molecular flexibility index (Phi) is 2.44. The van der Waals surface area contributed by atoms with Crippen LogP contribution in [-0.2, 0) is 11.2 Å². The fourth-order valence-electron chi connectivity index (χ4n) is 1.70. The molecule has 2 N–H and O–H groups in total. The van der Waals surface area contributed by atoms with Gasteiger partial charge < -0.3 is 10.1 Å². The predicted octanol–water partition coefficient (Wildman–Crippen LogP) is 0.859. The number of pyridine rings is 2. The first-order valence-corrected chi connectivity index (χ1v) is 4.77. The molecule has 2 aromatic heterocycles. The van der Waals surface area contributed by atoms with E-state index < -0.39 is 5.97 Å². The van der Waals surface area contributed by atoms with Gasteiger partial charge in [-0.3, -0.25) is 14.6 Å². The Morgan fingerprint density at radius 2 is 2.31 bits per heavy atom. The average Bonchev–Trinajstić information content (AvgIpc) is 2.24. The predicted molar refractivity (Wildman–Crippen MR) is 58.4 cm³/mol. The molecular weight excluding hydrogens is 208 g/mol. The molecule has 0 aliphatic carbocycles. The molecule has 16 heavy (non-hydrogen) atoms. The fourth-order valence-corrected chi connectivity index (χ4v) is 1.70. The zero-order valence-electron chi connectivity index (χ0n) is 8.65. The number of carboxylic acid groups (broad SMARTS) is 1. The van der Waals surface area contributed by atoms with Gasteiger partial charge in [0.25, 0.3) is 5.56 Å². The number of aliphatic carboxylic acids is 1. The van der Waals surface area contributed by atoms with E-state index in [0.717, 1.165) is 5.39 Å². The van der Waals surface area contributed by atoms with E-state index in [4.69, 9.17) is 5.11 Å². The van der Waals surface area contributed by atoms with E-state index in [9.17, 15) is 9.59 Å². The Labute approximate surface area is 90.8 Å². The van der Waals surface area contributed by atoms with E-state index >= 15 is 0 Å². The van der Waals surface area contributed by atoms with Gasteiger partial charge in [-0.05, 0) is 18.6 Å². The summed E-state index contributed by atoms with van der Waals surface area (Å²) in [6, 6.07) is 1.69. The summed E-state index contributed by atoms with van der Waals surface area (Å²) in [6.45, 7) is 1.73. The molecule has 0 saturated carbocycles. The number of hydrogen-bond acceptors (Lipinski definition) is 3. The van der Waals surface area contributed by atoms with Crippen molar-refractivity contribution in [1.82, 2.24) is 9.97 Å². The molecule has 5 nitrogen and oxygen atoms in total. The summed E-state index contributed by atoms with van der Waals surface area (Å²) in [6.07, 6.45) is 2.92. The highest BCUT2D eigenvalue weighted by molar-refractivity contribution is 5.83. The summed E-state index contributed by atoms with van der Waals surface area (Å²) < 4.78 is 0. The molecule has 0 unspecified atom stereocenters. The second-order valence-corrected chi connectivity index (χ2v) is 3.55. The number of rotatable bonds is 2. The first-order valence-electron chi connectivity index (χ1n) is 4.77. The molecule has 0 aromatic carbocycles. The standard InChI is InChI=1S/C11H10N2O3/c1-6-7(4-10(14)15)11(16)13-9-2-3-12-5-8(6)9/h2-3,5H,4H2,1H3,(H,13,16)(H,14,15). The van der Waals surface area contributed by atoms with Gasteiger partial charge in [0.2, 0.25) is 0 Å². The van der Waals surface area contributed by atoms with Crippen molar-refractivity contribution in [3.63, 3.8) is 0 Å². The molecule has 0 spiro atoms. The maximum absolute atomic E-state index is 11.7. The van der Waals surface area contributed by atoms with Crippen molar-refractivity contribution in [3.05, 3.63) is 39.9 Å². The monoisotopic (exact) mass is 218 g/mol. The van der Waals surface area contributed by atoms with Gasteiger partial charge in [0.05, 0.1) is 11.9 Å². The first-order chi connectivity index (χ1) is 7.59. The van der Waals surface area contributed by atoms with Crippen LogP contribution < -0.4 is 5.56 Å². The lowest BCUT2D eigenvalue weighted by molar-refractivity contribution is -0.136. The number of aromatic amines is 1. The summed E-state index contributed by atoms with van der Waals surface area (Å²) in [5.41, 5.74) is 1.28. The van der Waals surface area contributed by atoms with Crippen molar-refractivity contribution in [2.24, 2.45) is 0 Å². The molecule has 0 fully saturated rings. The van der Waals surface area contributed by atoms with Crippen LogP contribution in [0.1, 0.15) is 11.1 Å². The van der Waals surface area contributed by atoms with Crippen LogP contribution in [0.25, 0.3) is 10.9 Å². The number of fused-ring (bicyclic) bond motifs is 1. The molecular formula is C11H10N2O3. The molecule has 0 saturated heterocycles. The van der Waals surface area contributed by atoms with Gasteiger partial charge >= 0.3 is 5.97 Å². The van der Waals surface area contributed by atoms with Crippen molar-refractivity contribution in [1.29, 1.82) is 0 Å². The van der Waals surface area contributed by atoms with Gasteiger partial charge in [-0.25, -0.2) is 0 Å². The number of carbonyl (C=O) groups is 1. The Hall–Kier alpha value is -2.17. The van der Waals surface area contributed by atoms with Crippen LogP contribution in [0.15, 0.2) is 23.3 Å². The highest BCUT2D eigenvalue weighted by atomic mass is 16.4. The minimum Gasteiger partial charge on any atom is -0.481 e. The van der Waals surface area contributed by atoms with Crippen LogP contribution >= 0.6 is 0 Å². The third kappa shape index (κ3) is 1.67. The molecule has 0 amide bonds. The third-order valence-electron chi connectivity index (χ3n) is 2.53. The Bertz CT molecular complexity index is 616. The van der Waals surface area contributed by atoms with Gasteiger partial charge in [-0.2, -0.15) is 0 Å². The van der Waals surface area contributed by atoms with Crippen molar-refractivity contribution < 1.29 is 9.90 Å². The summed E-state index contributed by atoms with van der Waals surface area (Å²) in [4.78, 5) is 28.9. The van der Waals surface area contributed by atoms with E-state index in [-0.39, 0.29) is 17.5 Å². The van der Waals surface area contributed by atoms with E-state index in [1.807, 2.05) is 0 Å². The number of hydrogen-bond donors (Lipinski definition) is 2. The molecule has 0 bridgehead atoms. The van der Waals surface area contributed by atoms with Gasteiger partial charge in [-0.15, -0.1) is 0 Å². The Balaban J connectivity index is 2.75. The highest BCUT2D eigenvalue weighted by Gasteiger charge is 2.11. The quantitative estimate of drug-likeness (QED) is 0.783. The lowest BCUT2D eigenvalue weighted by Crippen LogP contribution is -2.18. The summed E-state index contributed by atoms with van der Waals surface area (Å²) in [7, 11) is 0. The number of nitrogens with zero attached hydrogens (tertiary/aromatic N) is 1. The molecule has 2 aromatic rings. The maximum Gasteiger partial charge on any atom is 0.308 e. The van der Waals surface area contributed by atoms with E-state index in [2.05, 4.69) is 9.97 Å². The number of aryl methyl sites for hydroxylation is 1. The van der Waals surface area contributed by atoms with Crippen LogP contribution in [0.5, 0.6) is 0 Å². The fraction of sp³-hybridized carbons (Fsp3) is 0.182. The molecule has 2 rings (SSSR count). The normalized spacial score (nSPS) is 10.6. The van der Waals surface area contributed by atoms with Gasteiger partial charge in [0, 0.05) is 23.3 Å². The summed E-state index contributed by atoms with van der Waals surface area (Å²) >= 11 is 0. The Morgan fingerprint density at radius 1 is 1.56 bits per heavy atom. The largest absolute Gasteiger partial charge is 0.481 e. The number of aromatic nitrogens is 2. The number of carboxylic acids is 1. The SMILES string of the molecule is Cc1c(CC(=O)O)c(=O)[nH]c2ccncc12. The summed E-state index contributed by atoms with van der Waals surface area (Å²) in [5, 5.41) is 9.50. The number of nitrogens with one attached hydrogen (secondary N) is 1. The maximum atomic E-state index is 11.7. The van der Waals surface area contributed by atoms with Gasteiger partial charge in [0.1, 0.15) is 0 Å². The molecule has 5 heteroatoms. The van der Waals surface area contributed by atoms with Crippen LogP contribution in [0, 0.1) is 6.92 Å². The molecule has 0 radical (unpaired) electrons. The first kappa shape index (κ1) is 10.4. The van der Waals surface area contributed by atoms with E-state index in [0.29, 0.717) is 11.1 Å². The summed E-state index contributed by atoms with van der Waals surface area (Å²) in [5.74, 6) is -1.02. The van der Waals surface area contributed by atoms with Crippen LogP contribution in [0.2, 0.25) is 0 Å². The van der Waals surface area contributed by atoms with Crippen molar-refractivity contribution in [2.45, 2.75) is 13.3 Å². The van der Waals surface area contributed by atoms with Crippen LogP contribution in [0.4, 0.5) is 0 Å². The second-order valence-electron chi connectivity index (χ2n) is 3.55. The zero-order chi connectivity index (χ0) is 11.7. The van der Waals surface area contributed by atoms with Crippen molar-refractivity contribution >= 4 is 16.9 Å². The highest BCUT2D eigenvalue weighted by Crippen LogP contribution is 2.15. The van der Waals surface area contributed by atoms with E-state index in [1.54, 1.807) is 25.4 Å². The molecule has 82 valence electrons. The average molecular weight is 218 g/mol. The van der Waals surface area contributed by atoms with Crippen molar-refractivity contribution in [2.75, 3.05) is 0 Å². The minimum absolute atomic E-state index is 0.272. The number of H-pyrrole nitrogens is 1. The third-order valence-corrected chi connectivity index (χ3v) is 2.53. The molecule has 0 aliphatic heterocycles.